The van der Waals surface area contributed by atoms with Crippen molar-refractivity contribution in [2.45, 2.75) is 27.2 Å². The Balaban J connectivity index is 2.28. The van der Waals surface area contributed by atoms with Crippen molar-refractivity contribution in [2.24, 2.45) is 5.92 Å². The minimum absolute atomic E-state index is 0.190. The lowest BCUT2D eigenvalue weighted by Gasteiger charge is -2.06. The van der Waals surface area contributed by atoms with Crippen LogP contribution in [0.2, 0.25) is 0 Å². The summed E-state index contributed by atoms with van der Waals surface area (Å²) in [5.41, 5.74) is 0.227. The Morgan fingerprint density at radius 2 is 2.14 bits per heavy atom. The summed E-state index contributed by atoms with van der Waals surface area (Å²) < 4.78 is 10.2. The number of amides is 1. The fourth-order valence-electron chi connectivity index (χ4n) is 1.41. The summed E-state index contributed by atoms with van der Waals surface area (Å²) in [4.78, 5) is 27.2. The molecule has 0 aliphatic carbocycles. The first kappa shape index (κ1) is 17.6. The molecule has 7 heteroatoms. The lowest BCUT2D eigenvalue weighted by atomic mass is 10.1. The van der Waals surface area contributed by atoms with Crippen molar-refractivity contribution in [3.63, 3.8) is 0 Å². The summed E-state index contributed by atoms with van der Waals surface area (Å²) in [6.45, 7) is 7.85. The van der Waals surface area contributed by atoms with E-state index in [0.717, 1.165) is 17.8 Å². The molecule has 0 fully saturated rings. The molecule has 1 aromatic rings. The molecule has 1 rings (SSSR count). The molecular formula is C14H22N2O4S. The first-order chi connectivity index (χ1) is 10.0. The van der Waals surface area contributed by atoms with Gasteiger partial charge in [-0.3, -0.25) is 4.79 Å². The van der Waals surface area contributed by atoms with Gasteiger partial charge >= 0.3 is 5.97 Å². The van der Waals surface area contributed by atoms with Gasteiger partial charge in [-0.15, -0.1) is 11.3 Å². The average molecular weight is 314 g/mol. The van der Waals surface area contributed by atoms with Crippen LogP contribution < -0.4 is 5.32 Å². The number of carbonyl (C=O) groups is 2. The fourth-order valence-corrected chi connectivity index (χ4v) is 2.10. The van der Waals surface area contributed by atoms with E-state index in [1.165, 1.54) is 0 Å². The van der Waals surface area contributed by atoms with Crippen LogP contribution >= 0.6 is 11.3 Å². The quantitative estimate of drug-likeness (QED) is 0.558. The third-order valence-electron chi connectivity index (χ3n) is 2.56. The average Bonchev–Trinajstić information content (AvgIpc) is 2.92. The van der Waals surface area contributed by atoms with E-state index in [2.05, 4.69) is 24.1 Å². The Morgan fingerprint density at radius 3 is 2.81 bits per heavy atom. The van der Waals surface area contributed by atoms with Gasteiger partial charge in [-0.25, -0.2) is 9.78 Å². The highest BCUT2D eigenvalue weighted by Crippen LogP contribution is 2.11. The number of thiazole rings is 1. The molecule has 1 heterocycles. The van der Waals surface area contributed by atoms with Crippen LogP contribution in [0.15, 0.2) is 5.38 Å². The number of hydrogen-bond donors (Lipinski definition) is 1. The van der Waals surface area contributed by atoms with Gasteiger partial charge in [0.15, 0.2) is 0 Å². The van der Waals surface area contributed by atoms with E-state index in [0.29, 0.717) is 25.7 Å². The van der Waals surface area contributed by atoms with Gasteiger partial charge in [-0.05, 0) is 19.3 Å². The zero-order valence-corrected chi connectivity index (χ0v) is 13.5. The molecule has 0 spiro atoms. The number of esters is 1. The number of hydrogen-bond acceptors (Lipinski definition) is 6. The molecule has 0 atom stereocenters. The van der Waals surface area contributed by atoms with Gasteiger partial charge in [0.1, 0.15) is 5.69 Å². The predicted octanol–water partition coefficient (Wildman–Crippen LogP) is 2.11. The van der Waals surface area contributed by atoms with Gasteiger partial charge in [0.2, 0.25) is 5.01 Å². The lowest BCUT2D eigenvalue weighted by Crippen LogP contribution is -2.27. The molecular weight excluding hydrogens is 292 g/mol. The molecule has 0 saturated heterocycles. The van der Waals surface area contributed by atoms with Crippen molar-refractivity contribution < 1.29 is 19.1 Å². The molecule has 0 bridgehead atoms. The zero-order chi connectivity index (χ0) is 15.7. The van der Waals surface area contributed by atoms with Crippen LogP contribution in [-0.4, -0.2) is 43.2 Å². The van der Waals surface area contributed by atoms with E-state index in [-0.39, 0.29) is 23.2 Å². The normalized spacial score (nSPS) is 10.7. The number of ether oxygens (including phenoxy) is 2. The Labute approximate surface area is 128 Å². The third kappa shape index (κ3) is 6.68. The van der Waals surface area contributed by atoms with Crippen molar-refractivity contribution >= 4 is 23.2 Å². The first-order valence-corrected chi connectivity index (χ1v) is 7.91. The number of aromatic nitrogens is 1. The van der Waals surface area contributed by atoms with Crippen molar-refractivity contribution in [2.75, 3.05) is 26.4 Å². The highest BCUT2D eigenvalue weighted by Gasteiger charge is 2.15. The van der Waals surface area contributed by atoms with Gasteiger partial charge in [0.05, 0.1) is 13.2 Å². The van der Waals surface area contributed by atoms with E-state index in [9.17, 15) is 9.59 Å². The van der Waals surface area contributed by atoms with E-state index in [4.69, 9.17) is 9.47 Å². The van der Waals surface area contributed by atoms with E-state index >= 15 is 0 Å². The molecule has 21 heavy (non-hydrogen) atoms. The minimum atomic E-state index is -0.501. The third-order valence-corrected chi connectivity index (χ3v) is 3.38. The van der Waals surface area contributed by atoms with Crippen LogP contribution in [0, 0.1) is 5.92 Å². The zero-order valence-electron chi connectivity index (χ0n) is 12.7. The van der Waals surface area contributed by atoms with Crippen molar-refractivity contribution in [1.82, 2.24) is 10.3 Å². The Morgan fingerprint density at radius 1 is 1.38 bits per heavy atom. The minimum Gasteiger partial charge on any atom is -0.461 e. The summed E-state index contributed by atoms with van der Waals surface area (Å²) in [6.07, 6.45) is 1.00. The number of carbonyl (C=O) groups excluding carboxylic acids is 2. The van der Waals surface area contributed by atoms with Crippen LogP contribution in [0.1, 0.15) is 47.5 Å². The van der Waals surface area contributed by atoms with Gasteiger partial charge in [0, 0.05) is 18.5 Å². The SMILES string of the molecule is CCOC(=O)c1nc(C(=O)NCCOCCC(C)C)cs1. The molecule has 0 unspecified atom stereocenters. The smallest absolute Gasteiger partial charge is 0.367 e. The molecule has 0 radical (unpaired) electrons. The second-order valence-corrected chi connectivity index (χ2v) is 5.67. The van der Waals surface area contributed by atoms with E-state index in [1.807, 2.05) is 0 Å². The number of rotatable bonds is 9. The van der Waals surface area contributed by atoms with Crippen LogP contribution in [-0.2, 0) is 9.47 Å². The monoisotopic (exact) mass is 314 g/mol. The Hall–Kier alpha value is -1.47. The second kappa shape index (κ2) is 9.46. The topological polar surface area (TPSA) is 77.5 Å². The van der Waals surface area contributed by atoms with E-state index in [1.54, 1.807) is 12.3 Å². The van der Waals surface area contributed by atoms with E-state index < -0.39 is 5.97 Å². The molecule has 0 aliphatic heterocycles. The number of nitrogens with one attached hydrogen (secondary N) is 1. The van der Waals surface area contributed by atoms with Crippen LogP contribution in [0.25, 0.3) is 0 Å². The van der Waals surface area contributed by atoms with Gasteiger partial charge in [0.25, 0.3) is 5.91 Å². The molecule has 118 valence electrons. The summed E-state index contributed by atoms with van der Waals surface area (Å²) in [6, 6.07) is 0. The van der Waals surface area contributed by atoms with Gasteiger partial charge in [-0.2, -0.15) is 0 Å². The Kier molecular flexibility index (Phi) is 7.92. The van der Waals surface area contributed by atoms with Crippen LogP contribution in [0.3, 0.4) is 0 Å². The van der Waals surface area contributed by atoms with Crippen LogP contribution in [0.4, 0.5) is 0 Å². The van der Waals surface area contributed by atoms with Crippen LogP contribution in [0.5, 0.6) is 0 Å². The molecule has 1 amide bonds. The highest BCUT2D eigenvalue weighted by atomic mass is 32.1. The Bertz CT molecular complexity index is 460. The van der Waals surface area contributed by atoms with Crippen molar-refractivity contribution in [3.8, 4) is 0 Å². The lowest BCUT2D eigenvalue weighted by molar-refractivity contribution is 0.0526. The molecule has 0 aliphatic rings. The highest BCUT2D eigenvalue weighted by molar-refractivity contribution is 7.11. The van der Waals surface area contributed by atoms with Gasteiger partial charge in [-0.1, -0.05) is 13.8 Å². The molecule has 6 nitrogen and oxygen atoms in total. The standard InChI is InChI=1S/C14H22N2O4S/c1-4-20-14(18)13-16-11(9-21-13)12(17)15-6-8-19-7-5-10(2)3/h9-10H,4-8H2,1-3H3,(H,15,17). The van der Waals surface area contributed by atoms with Gasteiger partial charge < -0.3 is 14.8 Å². The molecule has 0 aromatic carbocycles. The van der Waals surface area contributed by atoms with Crippen molar-refractivity contribution in [1.29, 1.82) is 0 Å². The first-order valence-electron chi connectivity index (χ1n) is 7.03. The summed E-state index contributed by atoms with van der Waals surface area (Å²) in [7, 11) is 0. The maximum atomic E-state index is 11.8. The summed E-state index contributed by atoms with van der Waals surface area (Å²) in [5.74, 6) is -0.205. The number of nitrogens with zero attached hydrogens (tertiary/aromatic N) is 1. The largest absolute Gasteiger partial charge is 0.461 e. The maximum absolute atomic E-state index is 11.8. The fraction of sp³-hybridized carbons (Fsp3) is 0.643. The second-order valence-electron chi connectivity index (χ2n) is 4.81. The molecule has 1 N–H and O–H groups in total. The molecule has 1 aromatic heterocycles. The van der Waals surface area contributed by atoms with Crippen molar-refractivity contribution in [3.05, 3.63) is 16.1 Å². The predicted molar refractivity (Wildman–Crippen MR) is 80.7 cm³/mol. The molecule has 0 saturated carbocycles. The maximum Gasteiger partial charge on any atom is 0.367 e. The summed E-state index contributed by atoms with van der Waals surface area (Å²) in [5, 5.41) is 4.43. The summed E-state index contributed by atoms with van der Waals surface area (Å²) >= 11 is 1.10.